The van der Waals surface area contributed by atoms with E-state index in [2.05, 4.69) is 40.3 Å². The third kappa shape index (κ3) is 3.61. The molecule has 2 heterocycles. The molecule has 4 heteroatoms. The standard InChI is InChI=1S/C17H28N3O/c1-18-10-12-20(13-11-18)15-6-8-19(9-7-15)16-4-3-5-17(14-16)21-2/h4-5,14-15H,3,6-13H2,1-2H3. The number of piperidine rings is 1. The second-order valence-corrected chi connectivity index (χ2v) is 6.38. The Morgan fingerprint density at radius 2 is 1.76 bits per heavy atom. The van der Waals surface area contributed by atoms with Gasteiger partial charge in [0.15, 0.2) is 0 Å². The first-order valence-electron chi connectivity index (χ1n) is 8.23. The summed E-state index contributed by atoms with van der Waals surface area (Å²) < 4.78 is 5.36. The molecule has 1 radical (unpaired) electrons. The number of methoxy groups -OCH3 is 1. The van der Waals surface area contributed by atoms with Gasteiger partial charge in [-0.05, 0) is 32.4 Å². The van der Waals surface area contributed by atoms with Gasteiger partial charge in [0, 0.05) is 57.4 Å². The fourth-order valence-electron chi connectivity index (χ4n) is 3.60. The van der Waals surface area contributed by atoms with Gasteiger partial charge in [0.25, 0.3) is 0 Å². The normalized spacial score (nSPS) is 26.5. The summed E-state index contributed by atoms with van der Waals surface area (Å²) in [5.74, 6) is 1.01. The average Bonchev–Trinajstić information content (AvgIpc) is 2.56. The van der Waals surface area contributed by atoms with E-state index in [1.165, 1.54) is 57.8 Å². The van der Waals surface area contributed by atoms with Crippen molar-refractivity contribution in [2.75, 3.05) is 53.4 Å². The maximum absolute atomic E-state index is 5.36. The molecule has 3 rings (SSSR count). The van der Waals surface area contributed by atoms with Crippen LogP contribution >= 0.6 is 0 Å². The molecule has 3 aliphatic rings. The van der Waals surface area contributed by atoms with E-state index in [-0.39, 0.29) is 0 Å². The Hall–Kier alpha value is -1.00. The molecular weight excluding hydrogens is 262 g/mol. The van der Waals surface area contributed by atoms with E-state index in [0.717, 1.165) is 18.2 Å². The molecule has 4 nitrogen and oxygen atoms in total. The Balaban J connectivity index is 1.51. The van der Waals surface area contributed by atoms with E-state index in [1.807, 2.05) is 0 Å². The average molecular weight is 290 g/mol. The molecule has 2 fully saturated rings. The summed E-state index contributed by atoms with van der Waals surface area (Å²) in [6.45, 7) is 7.29. The van der Waals surface area contributed by atoms with Crippen LogP contribution in [0.4, 0.5) is 0 Å². The van der Waals surface area contributed by atoms with E-state index in [0.29, 0.717) is 0 Å². The highest BCUT2D eigenvalue weighted by Gasteiger charge is 2.27. The van der Waals surface area contributed by atoms with Gasteiger partial charge < -0.3 is 14.5 Å². The van der Waals surface area contributed by atoms with Gasteiger partial charge in [-0.25, -0.2) is 0 Å². The molecule has 0 unspecified atom stereocenters. The fraction of sp³-hybridized carbons (Fsp3) is 0.706. The zero-order chi connectivity index (χ0) is 14.7. The first kappa shape index (κ1) is 14.9. The lowest BCUT2D eigenvalue weighted by molar-refractivity contribution is 0.0763. The van der Waals surface area contributed by atoms with Crippen LogP contribution in [-0.2, 0) is 4.74 Å². The number of ether oxygens (including phenoxy) is 1. The number of hydrogen-bond donors (Lipinski definition) is 0. The van der Waals surface area contributed by atoms with Crippen LogP contribution in [0.3, 0.4) is 0 Å². The van der Waals surface area contributed by atoms with Crippen molar-refractivity contribution in [3.05, 3.63) is 30.0 Å². The van der Waals surface area contributed by atoms with E-state index in [4.69, 9.17) is 4.74 Å². The molecule has 0 atom stereocenters. The highest BCUT2D eigenvalue weighted by molar-refractivity contribution is 5.30. The summed E-state index contributed by atoms with van der Waals surface area (Å²) in [6.07, 6.45) is 10.2. The maximum Gasteiger partial charge on any atom is 0.102 e. The Morgan fingerprint density at radius 1 is 1.05 bits per heavy atom. The van der Waals surface area contributed by atoms with Crippen molar-refractivity contribution in [1.29, 1.82) is 0 Å². The van der Waals surface area contributed by atoms with Crippen molar-refractivity contribution < 1.29 is 4.74 Å². The van der Waals surface area contributed by atoms with Gasteiger partial charge in [0.1, 0.15) is 5.76 Å². The fourth-order valence-corrected chi connectivity index (χ4v) is 3.60. The molecule has 2 saturated heterocycles. The minimum Gasteiger partial charge on any atom is -0.501 e. The van der Waals surface area contributed by atoms with Crippen molar-refractivity contribution >= 4 is 0 Å². The molecule has 0 aromatic heterocycles. The van der Waals surface area contributed by atoms with Crippen molar-refractivity contribution in [2.45, 2.75) is 25.3 Å². The van der Waals surface area contributed by atoms with Gasteiger partial charge in [0.2, 0.25) is 0 Å². The van der Waals surface area contributed by atoms with Crippen LogP contribution in [0.2, 0.25) is 0 Å². The van der Waals surface area contributed by atoms with Gasteiger partial charge in [-0.3, -0.25) is 4.90 Å². The largest absolute Gasteiger partial charge is 0.501 e. The maximum atomic E-state index is 5.36. The first-order chi connectivity index (χ1) is 10.3. The summed E-state index contributed by atoms with van der Waals surface area (Å²) in [7, 11) is 3.98. The van der Waals surface area contributed by atoms with Crippen LogP contribution in [-0.4, -0.2) is 74.2 Å². The van der Waals surface area contributed by atoms with Crippen LogP contribution in [0.25, 0.3) is 0 Å². The highest BCUT2D eigenvalue weighted by Crippen LogP contribution is 2.25. The molecule has 0 bridgehead atoms. The van der Waals surface area contributed by atoms with E-state index < -0.39 is 0 Å². The summed E-state index contributed by atoms with van der Waals surface area (Å²) in [5, 5.41) is 0. The second-order valence-electron chi connectivity index (χ2n) is 6.38. The summed E-state index contributed by atoms with van der Waals surface area (Å²) in [6, 6.07) is 0.788. The number of hydrogen-bond acceptors (Lipinski definition) is 4. The molecule has 0 saturated carbocycles. The van der Waals surface area contributed by atoms with E-state index >= 15 is 0 Å². The quantitative estimate of drug-likeness (QED) is 0.788. The predicted octanol–water partition coefficient (Wildman–Crippen LogP) is 1.72. The molecule has 1 aliphatic carbocycles. The lowest BCUT2D eigenvalue weighted by atomic mass is 10.00. The topological polar surface area (TPSA) is 19.0 Å². The van der Waals surface area contributed by atoms with E-state index in [1.54, 1.807) is 7.11 Å². The number of allylic oxidation sites excluding steroid dienone is 3. The Morgan fingerprint density at radius 3 is 2.43 bits per heavy atom. The summed E-state index contributed by atoms with van der Waals surface area (Å²) >= 11 is 0. The third-order valence-corrected chi connectivity index (χ3v) is 5.06. The van der Waals surface area contributed by atoms with Crippen molar-refractivity contribution in [1.82, 2.24) is 14.7 Å². The number of likely N-dealkylation sites (N-methyl/N-ethyl adjacent to an activating group) is 1. The van der Waals surface area contributed by atoms with Gasteiger partial charge in [-0.1, -0.05) is 6.08 Å². The number of likely N-dealkylation sites (tertiary alicyclic amines) is 1. The van der Waals surface area contributed by atoms with Crippen molar-refractivity contribution in [3.63, 3.8) is 0 Å². The van der Waals surface area contributed by atoms with Crippen molar-refractivity contribution in [3.8, 4) is 0 Å². The third-order valence-electron chi connectivity index (χ3n) is 5.06. The molecular formula is C17H28N3O. The van der Waals surface area contributed by atoms with Crippen LogP contribution in [0.5, 0.6) is 0 Å². The Labute approximate surface area is 129 Å². The van der Waals surface area contributed by atoms with Gasteiger partial charge >= 0.3 is 0 Å². The highest BCUT2D eigenvalue weighted by atomic mass is 16.5. The second kappa shape index (κ2) is 6.84. The van der Waals surface area contributed by atoms with Crippen LogP contribution in [0.15, 0.2) is 23.6 Å². The lowest BCUT2D eigenvalue weighted by Crippen LogP contribution is -2.52. The summed E-state index contributed by atoms with van der Waals surface area (Å²) in [5.41, 5.74) is 1.35. The zero-order valence-corrected chi connectivity index (χ0v) is 13.4. The van der Waals surface area contributed by atoms with Crippen LogP contribution in [0, 0.1) is 6.42 Å². The lowest BCUT2D eigenvalue weighted by Gasteiger charge is -2.43. The zero-order valence-electron chi connectivity index (χ0n) is 13.4. The minimum absolute atomic E-state index is 0.788. The Kier molecular flexibility index (Phi) is 4.86. The smallest absolute Gasteiger partial charge is 0.102 e. The molecule has 0 spiro atoms. The Bertz CT molecular complexity index is 402. The molecule has 21 heavy (non-hydrogen) atoms. The van der Waals surface area contributed by atoms with Gasteiger partial charge in [-0.2, -0.15) is 0 Å². The molecule has 117 valence electrons. The van der Waals surface area contributed by atoms with Crippen LogP contribution in [0.1, 0.15) is 19.3 Å². The number of nitrogens with zero attached hydrogens (tertiary/aromatic N) is 3. The van der Waals surface area contributed by atoms with Crippen molar-refractivity contribution in [2.24, 2.45) is 0 Å². The SMILES string of the molecule is COC1=CC(N2CCC(N3CCN(C)CC3)CC2)=CC[CH]1. The first-order valence-corrected chi connectivity index (χ1v) is 8.23. The van der Waals surface area contributed by atoms with Crippen LogP contribution < -0.4 is 0 Å². The molecule has 2 aliphatic heterocycles. The van der Waals surface area contributed by atoms with Gasteiger partial charge in [-0.15, -0.1) is 0 Å². The molecule has 0 aromatic carbocycles. The molecule has 0 aromatic rings. The predicted molar refractivity (Wildman–Crippen MR) is 85.8 cm³/mol. The van der Waals surface area contributed by atoms with Gasteiger partial charge in [0.05, 0.1) is 7.11 Å². The number of rotatable bonds is 3. The minimum atomic E-state index is 0.788. The monoisotopic (exact) mass is 290 g/mol. The molecule has 0 N–H and O–H groups in total. The number of piperazine rings is 1. The van der Waals surface area contributed by atoms with E-state index in [9.17, 15) is 0 Å². The molecule has 0 amide bonds. The summed E-state index contributed by atoms with van der Waals surface area (Å²) in [4.78, 5) is 7.67.